The third kappa shape index (κ3) is 3.54. The van der Waals surface area contributed by atoms with E-state index in [0.29, 0.717) is 18.7 Å². The van der Waals surface area contributed by atoms with E-state index < -0.39 is 11.9 Å². The van der Waals surface area contributed by atoms with Crippen molar-refractivity contribution >= 4 is 11.9 Å². The molecule has 0 aliphatic carbocycles. The summed E-state index contributed by atoms with van der Waals surface area (Å²) in [6.45, 7) is 2.27. The van der Waals surface area contributed by atoms with E-state index in [4.69, 9.17) is 9.84 Å². The molecular weight excluding hydrogens is 270 g/mol. The summed E-state index contributed by atoms with van der Waals surface area (Å²) in [7, 11) is 1.58. The molecule has 1 aliphatic heterocycles. The standard InChI is InChI=1S/C16H21NO4/c1-11-7-8-13(16(19)20)10-17(11)15(18)9-12-5-3-4-6-14(12)21-2/h3-6,11,13H,7-10H2,1-2H3,(H,19,20). The number of para-hydroxylation sites is 1. The highest BCUT2D eigenvalue weighted by Crippen LogP contribution is 2.24. The Morgan fingerprint density at radius 2 is 2.05 bits per heavy atom. The van der Waals surface area contributed by atoms with Crippen LogP contribution in [-0.4, -0.2) is 41.6 Å². The molecule has 21 heavy (non-hydrogen) atoms. The number of hydrogen-bond donors (Lipinski definition) is 1. The highest BCUT2D eigenvalue weighted by Gasteiger charge is 2.32. The second-order valence-electron chi connectivity index (χ2n) is 5.50. The number of carbonyl (C=O) groups excluding carboxylic acids is 1. The number of methoxy groups -OCH3 is 1. The van der Waals surface area contributed by atoms with Crippen LogP contribution in [0.25, 0.3) is 0 Å². The lowest BCUT2D eigenvalue weighted by Crippen LogP contribution is -2.47. The van der Waals surface area contributed by atoms with Crippen molar-refractivity contribution in [3.05, 3.63) is 29.8 Å². The van der Waals surface area contributed by atoms with Crippen molar-refractivity contribution in [2.24, 2.45) is 5.92 Å². The summed E-state index contributed by atoms with van der Waals surface area (Å²) in [4.78, 5) is 25.3. The smallest absolute Gasteiger partial charge is 0.308 e. The van der Waals surface area contributed by atoms with Crippen LogP contribution in [-0.2, 0) is 16.0 Å². The molecule has 0 bridgehead atoms. The van der Waals surface area contributed by atoms with Gasteiger partial charge < -0.3 is 14.7 Å². The molecule has 114 valence electrons. The maximum atomic E-state index is 12.5. The minimum absolute atomic E-state index is 0.0436. The van der Waals surface area contributed by atoms with E-state index in [2.05, 4.69) is 0 Å². The number of carboxylic acids is 1. The maximum Gasteiger partial charge on any atom is 0.308 e. The minimum atomic E-state index is -0.822. The van der Waals surface area contributed by atoms with Crippen molar-refractivity contribution in [1.82, 2.24) is 4.90 Å². The van der Waals surface area contributed by atoms with Gasteiger partial charge in [-0.05, 0) is 25.8 Å². The number of piperidine rings is 1. The van der Waals surface area contributed by atoms with E-state index in [1.165, 1.54) is 0 Å². The molecule has 5 nitrogen and oxygen atoms in total. The lowest BCUT2D eigenvalue weighted by molar-refractivity contribution is -0.147. The van der Waals surface area contributed by atoms with Crippen molar-refractivity contribution in [2.75, 3.05) is 13.7 Å². The van der Waals surface area contributed by atoms with Gasteiger partial charge in [-0.2, -0.15) is 0 Å². The Labute approximate surface area is 124 Å². The lowest BCUT2D eigenvalue weighted by atomic mass is 9.93. The van der Waals surface area contributed by atoms with Gasteiger partial charge in [-0.1, -0.05) is 18.2 Å². The van der Waals surface area contributed by atoms with E-state index in [9.17, 15) is 9.59 Å². The lowest BCUT2D eigenvalue weighted by Gasteiger charge is -2.36. The molecule has 0 spiro atoms. The van der Waals surface area contributed by atoms with Crippen LogP contribution in [0.4, 0.5) is 0 Å². The number of likely N-dealkylation sites (tertiary alicyclic amines) is 1. The summed E-state index contributed by atoms with van der Waals surface area (Å²) in [5, 5.41) is 9.14. The molecule has 1 aliphatic rings. The van der Waals surface area contributed by atoms with Gasteiger partial charge in [0.1, 0.15) is 5.75 Å². The fraction of sp³-hybridized carbons (Fsp3) is 0.500. The molecule has 2 atom stereocenters. The van der Waals surface area contributed by atoms with Crippen LogP contribution < -0.4 is 4.74 Å². The highest BCUT2D eigenvalue weighted by molar-refractivity contribution is 5.81. The zero-order chi connectivity index (χ0) is 15.4. The first-order valence-electron chi connectivity index (χ1n) is 7.17. The Bertz CT molecular complexity index is 529. The van der Waals surface area contributed by atoms with Gasteiger partial charge in [-0.25, -0.2) is 0 Å². The molecule has 0 saturated carbocycles. The van der Waals surface area contributed by atoms with E-state index in [1.807, 2.05) is 31.2 Å². The number of benzene rings is 1. The average molecular weight is 291 g/mol. The Morgan fingerprint density at radius 1 is 1.33 bits per heavy atom. The predicted octanol–water partition coefficient (Wildman–Crippen LogP) is 1.95. The topological polar surface area (TPSA) is 66.8 Å². The molecule has 1 fully saturated rings. The number of ether oxygens (including phenoxy) is 1. The molecule has 0 aromatic heterocycles. The van der Waals surface area contributed by atoms with Crippen LogP contribution in [0.3, 0.4) is 0 Å². The second-order valence-corrected chi connectivity index (χ2v) is 5.50. The number of carbonyl (C=O) groups is 2. The van der Waals surface area contributed by atoms with Gasteiger partial charge in [0, 0.05) is 18.2 Å². The molecule has 1 aromatic carbocycles. The first-order valence-corrected chi connectivity index (χ1v) is 7.17. The van der Waals surface area contributed by atoms with E-state index >= 15 is 0 Å². The van der Waals surface area contributed by atoms with Crippen LogP contribution in [0, 0.1) is 5.92 Å². The Balaban J connectivity index is 2.09. The van der Waals surface area contributed by atoms with Gasteiger partial charge in [0.15, 0.2) is 0 Å². The maximum absolute atomic E-state index is 12.5. The third-order valence-electron chi connectivity index (χ3n) is 4.09. The monoisotopic (exact) mass is 291 g/mol. The number of rotatable bonds is 4. The van der Waals surface area contributed by atoms with Crippen LogP contribution in [0.15, 0.2) is 24.3 Å². The van der Waals surface area contributed by atoms with E-state index in [0.717, 1.165) is 12.0 Å². The molecule has 1 saturated heterocycles. The fourth-order valence-electron chi connectivity index (χ4n) is 2.77. The second kappa shape index (κ2) is 6.61. The summed E-state index contributed by atoms with van der Waals surface area (Å²) in [6.07, 6.45) is 1.60. The summed E-state index contributed by atoms with van der Waals surface area (Å²) < 4.78 is 5.25. The predicted molar refractivity (Wildman–Crippen MR) is 78.2 cm³/mol. The van der Waals surface area contributed by atoms with Gasteiger partial charge in [0.05, 0.1) is 19.4 Å². The molecule has 2 rings (SSSR count). The van der Waals surface area contributed by atoms with Gasteiger partial charge in [0.25, 0.3) is 0 Å². The van der Waals surface area contributed by atoms with Crippen molar-refractivity contribution in [1.29, 1.82) is 0 Å². The van der Waals surface area contributed by atoms with Crippen molar-refractivity contribution in [2.45, 2.75) is 32.2 Å². The minimum Gasteiger partial charge on any atom is -0.496 e. The molecule has 0 radical (unpaired) electrons. The van der Waals surface area contributed by atoms with Crippen LogP contribution in [0.1, 0.15) is 25.3 Å². The zero-order valence-electron chi connectivity index (χ0n) is 12.4. The SMILES string of the molecule is COc1ccccc1CC(=O)N1CC(C(=O)O)CCC1C. The van der Waals surface area contributed by atoms with Crippen molar-refractivity contribution in [3.8, 4) is 5.75 Å². The molecule has 1 N–H and O–H groups in total. The number of nitrogens with zero attached hydrogens (tertiary/aromatic N) is 1. The van der Waals surface area contributed by atoms with Gasteiger partial charge >= 0.3 is 5.97 Å². The van der Waals surface area contributed by atoms with Gasteiger partial charge in [-0.3, -0.25) is 9.59 Å². The number of aliphatic carboxylic acids is 1. The molecular formula is C16H21NO4. The largest absolute Gasteiger partial charge is 0.496 e. The average Bonchev–Trinajstić information content (AvgIpc) is 2.47. The molecule has 5 heteroatoms. The third-order valence-corrected chi connectivity index (χ3v) is 4.09. The summed E-state index contributed by atoms with van der Waals surface area (Å²) >= 11 is 0. The van der Waals surface area contributed by atoms with Crippen LogP contribution in [0.5, 0.6) is 5.75 Å². The van der Waals surface area contributed by atoms with Crippen LogP contribution >= 0.6 is 0 Å². The number of amides is 1. The quantitative estimate of drug-likeness (QED) is 0.920. The summed E-state index contributed by atoms with van der Waals surface area (Å²) in [5.74, 6) is -0.636. The number of hydrogen-bond acceptors (Lipinski definition) is 3. The van der Waals surface area contributed by atoms with E-state index in [-0.39, 0.29) is 18.4 Å². The van der Waals surface area contributed by atoms with Crippen LogP contribution in [0.2, 0.25) is 0 Å². The first-order chi connectivity index (χ1) is 10.0. The fourth-order valence-corrected chi connectivity index (χ4v) is 2.77. The zero-order valence-corrected chi connectivity index (χ0v) is 12.4. The molecule has 1 aromatic rings. The summed E-state index contributed by atoms with van der Waals surface area (Å²) in [6, 6.07) is 7.49. The normalized spacial score (nSPS) is 21.9. The Morgan fingerprint density at radius 3 is 2.71 bits per heavy atom. The Kier molecular flexibility index (Phi) is 4.83. The van der Waals surface area contributed by atoms with Crippen molar-refractivity contribution in [3.63, 3.8) is 0 Å². The summed E-state index contributed by atoms with van der Waals surface area (Å²) in [5.41, 5.74) is 0.828. The number of carboxylic acid groups (broad SMARTS) is 1. The first kappa shape index (κ1) is 15.4. The Hall–Kier alpha value is -2.04. The van der Waals surface area contributed by atoms with Gasteiger partial charge in [-0.15, -0.1) is 0 Å². The van der Waals surface area contributed by atoms with E-state index in [1.54, 1.807) is 12.0 Å². The molecule has 2 unspecified atom stereocenters. The van der Waals surface area contributed by atoms with Gasteiger partial charge in [0.2, 0.25) is 5.91 Å². The van der Waals surface area contributed by atoms with Crippen molar-refractivity contribution < 1.29 is 19.4 Å². The highest BCUT2D eigenvalue weighted by atomic mass is 16.5. The molecule has 1 heterocycles. The molecule has 1 amide bonds.